The highest BCUT2D eigenvalue weighted by atomic mass is 16.7. The van der Waals surface area contributed by atoms with E-state index in [9.17, 15) is 4.79 Å². The number of hydrogen-bond donors (Lipinski definition) is 0. The summed E-state index contributed by atoms with van der Waals surface area (Å²) >= 11 is 0. The molecule has 0 N–H and O–H groups in total. The van der Waals surface area contributed by atoms with Crippen LogP contribution in [0.15, 0.2) is 18.2 Å². The van der Waals surface area contributed by atoms with E-state index in [0.29, 0.717) is 23.8 Å². The SMILES string of the molecule is CC(C)C1CCN(CC(=O)c2ccc3c(c2)OCO3)C1. The topological polar surface area (TPSA) is 38.8 Å². The van der Waals surface area contributed by atoms with E-state index in [2.05, 4.69) is 18.7 Å². The summed E-state index contributed by atoms with van der Waals surface area (Å²) in [6, 6.07) is 5.43. The molecule has 0 aromatic heterocycles. The number of rotatable bonds is 4. The summed E-state index contributed by atoms with van der Waals surface area (Å²) in [6.45, 7) is 7.33. The maximum Gasteiger partial charge on any atom is 0.231 e. The van der Waals surface area contributed by atoms with Crippen LogP contribution in [0.4, 0.5) is 0 Å². The fourth-order valence-corrected chi connectivity index (χ4v) is 2.91. The highest BCUT2D eigenvalue weighted by Crippen LogP contribution is 2.32. The number of likely N-dealkylation sites (tertiary alicyclic amines) is 1. The van der Waals surface area contributed by atoms with Crippen LogP contribution in [0.1, 0.15) is 30.6 Å². The number of fused-ring (bicyclic) bond motifs is 1. The average molecular weight is 275 g/mol. The molecular weight excluding hydrogens is 254 g/mol. The fraction of sp³-hybridized carbons (Fsp3) is 0.562. The third kappa shape index (κ3) is 2.66. The molecule has 0 saturated carbocycles. The van der Waals surface area contributed by atoms with Gasteiger partial charge in [-0.1, -0.05) is 13.8 Å². The predicted molar refractivity (Wildman–Crippen MR) is 76.3 cm³/mol. The lowest BCUT2D eigenvalue weighted by Crippen LogP contribution is -2.28. The van der Waals surface area contributed by atoms with Gasteiger partial charge in [0.05, 0.1) is 6.54 Å². The smallest absolute Gasteiger partial charge is 0.231 e. The van der Waals surface area contributed by atoms with Gasteiger partial charge in [-0.05, 0) is 43.0 Å². The quantitative estimate of drug-likeness (QED) is 0.792. The van der Waals surface area contributed by atoms with E-state index in [1.807, 2.05) is 12.1 Å². The van der Waals surface area contributed by atoms with Crippen LogP contribution < -0.4 is 9.47 Å². The first-order valence-corrected chi connectivity index (χ1v) is 7.28. The number of ketones is 1. The molecule has 0 spiro atoms. The van der Waals surface area contributed by atoms with Gasteiger partial charge in [-0.25, -0.2) is 0 Å². The summed E-state index contributed by atoms with van der Waals surface area (Å²) in [6.07, 6.45) is 1.20. The van der Waals surface area contributed by atoms with Crippen molar-refractivity contribution >= 4 is 5.78 Å². The molecule has 1 saturated heterocycles. The first kappa shape index (κ1) is 13.4. The minimum absolute atomic E-state index is 0.160. The molecular formula is C16H21NO3. The molecule has 1 aromatic carbocycles. The summed E-state index contributed by atoms with van der Waals surface area (Å²) in [5, 5.41) is 0. The monoisotopic (exact) mass is 275 g/mol. The zero-order chi connectivity index (χ0) is 14.1. The average Bonchev–Trinajstić information content (AvgIpc) is 3.05. The van der Waals surface area contributed by atoms with Crippen molar-refractivity contribution in [3.63, 3.8) is 0 Å². The third-order valence-corrected chi connectivity index (χ3v) is 4.31. The van der Waals surface area contributed by atoms with Crippen molar-refractivity contribution < 1.29 is 14.3 Å². The lowest BCUT2D eigenvalue weighted by Gasteiger charge is -2.17. The lowest BCUT2D eigenvalue weighted by molar-refractivity contribution is 0.0941. The van der Waals surface area contributed by atoms with E-state index in [1.165, 1.54) is 6.42 Å². The van der Waals surface area contributed by atoms with Gasteiger partial charge in [0, 0.05) is 12.1 Å². The Hall–Kier alpha value is -1.55. The number of carbonyl (C=O) groups is 1. The Kier molecular flexibility index (Phi) is 3.66. The molecule has 4 heteroatoms. The molecule has 1 atom stereocenters. The zero-order valence-corrected chi connectivity index (χ0v) is 12.1. The molecule has 20 heavy (non-hydrogen) atoms. The molecule has 0 amide bonds. The highest BCUT2D eigenvalue weighted by Gasteiger charge is 2.26. The molecule has 1 fully saturated rings. The maximum atomic E-state index is 12.3. The normalized spacial score (nSPS) is 21.6. The fourth-order valence-electron chi connectivity index (χ4n) is 2.91. The van der Waals surface area contributed by atoms with Crippen LogP contribution in [0.25, 0.3) is 0 Å². The van der Waals surface area contributed by atoms with Crippen molar-refractivity contribution in [2.24, 2.45) is 11.8 Å². The van der Waals surface area contributed by atoms with Crippen molar-refractivity contribution in [2.45, 2.75) is 20.3 Å². The van der Waals surface area contributed by atoms with Crippen LogP contribution in [-0.4, -0.2) is 37.1 Å². The van der Waals surface area contributed by atoms with E-state index in [0.717, 1.165) is 24.8 Å². The summed E-state index contributed by atoms with van der Waals surface area (Å²) in [7, 11) is 0. The Morgan fingerprint density at radius 1 is 1.35 bits per heavy atom. The van der Waals surface area contributed by atoms with E-state index in [1.54, 1.807) is 6.07 Å². The molecule has 4 nitrogen and oxygen atoms in total. The van der Waals surface area contributed by atoms with Crippen LogP contribution in [0.2, 0.25) is 0 Å². The van der Waals surface area contributed by atoms with E-state index in [-0.39, 0.29) is 12.6 Å². The van der Waals surface area contributed by atoms with Gasteiger partial charge in [-0.15, -0.1) is 0 Å². The maximum absolute atomic E-state index is 12.3. The van der Waals surface area contributed by atoms with Gasteiger partial charge in [-0.3, -0.25) is 9.69 Å². The lowest BCUT2D eigenvalue weighted by atomic mass is 9.95. The molecule has 0 radical (unpaired) electrons. The Bertz CT molecular complexity index is 512. The van der Waals surface area contributed by atoms with Gasteiger partial charge in [0.25, 0.3) is 0 Å². The van der Waals surface area contributed by atoms with Crippen LogP contribution in [0.5, 0.6) is 11.5 Å². The van der Waals surface area contributed by atoms with Gasteiger partial charge in [0.2, 0.25) is 6.79 Å². The number of nitrogens with zero attached hydrogens (tertiary/aromatic N) is 1. The zero-order valence-electron chi connectivity index (χ0n) is 12.1. The molecule has 108 valence electrons. The third-order valence-electron chi connectivity index (χ3n) is 4.31. The number of benzene rings is 1. The van der Waals surface area contributed by atoms with E-state index in [4.69, 9.17) is 9.47 Å². The minimum Gasteiger partial charge on any atom is -0.454 e. The van der Waals surface area contributed by atoms with Gasteiger partial charge < -0.3 is 9.47 Å². The second-order valence-electron chi connectivity index (χ2n) is 6.02. The summed E-state index contributed by atoms with van der Waals surface area (Å²) < 4.78 is 10.6. The summed E-state index contributed by atoms with van der Waals surface area (Å²) in [5.41, 5.74) is 0.710. The van der Waals surface area contributed by atoms with Crippen LogP contribution in [0, 0.1) is 11.8 Å². The van der Waals surface area contributed by atoms with Gasteiger partial charge >= 0.3 is 0 Å². The molecule has 0 aliphatic carbocycles. The van der Waals surface area contributed by atoms with E-state index >= 15 is 0 Å². The van der Waals surface area contributed by atoms with Crippen molar-refractivity contribution in [1.82, 2.24) is 4.90 Å². The first-order valence-electron chi connectivity index (χ1n) is 7.28. The largest absolute Gasteiger partial charge is 0.454 e. The van der Waals surface area contributed by atoms with E-state index < -0.39 is 0 Å². The second kappa shape index (κ2) is 5.44. The van der Waals surface area contributed by atoms with Crippen LogP contribution >= 0.6 is 0 Å². The Balaban J connectivity index is 1.62. The summed E-state index contributed by atoms with van der Waals surface area (Å²) in [4.78, 5) is 14.6. The second-order valence-corrected chi connectivity index (χ2v) is 6.02. The van der Waals surface area contributed by atoms with Crippen molar-refractivity contribution in [3.05, 3.63) is 23.8 Å². The number of carbonyl (C=O) groups excluding carboxylic acids is 1. The Labute approximate surface area is 119 Å². The first-order chi connectivity index (χ1) is 9.63. The van der Waals surface area contributed by atoms with Gasteiger partial charge in [0.15, 0.2) is 17.3 Å². The van der Waals surface area contributed by atoms with Crippen molar-refractivity contribution in [2.75, 3.05) is 26.4 Å². The Morgan fingerprint density at radius 3 is 2.90 bits per heavy atom. The van der Waals surface area contributed by atoms with Gasteiger partial charge in [0.1, 0.15) is 0 Å². The molecule has 2 aliphatic heterocycles. The molecule has 1 aromatic rings. The van der Waals surface area contributed by atoms with Crippen LogP contribution in [0.3, 0.4) is 0 Å². The minimum atomic E-state index is 0.160. The van der Waals surface area contributed by atoms with Crippen LogP contribution in [-0.2, 0) is 0 Å². The molecule has 3 rings (SSSR count). The van der Waals surface area contributed by atoms with Crippen molar-refractivity contribution in [1.29, 1.82) is 0 Å². The van der Waals surface area contributed by atoms with Crippen molar-refractivity contribution in [3.8, 4) is 11.5 Å². The number of hydrogen-bond acceptors (Lipinski definition) is 4. The summed E-state index contributed by atoms with van der Waals surface area (Å²) in [5.74, 6) is 2.98. The Morgan fingerprint density at radius 2 is 2.15 bits per heavy atom. The molecule has 2 aliphatic rings. The molecule has 2 heterocycles. The predicted octanol–water partition coefficient (Wildman–Crippen LogP) is 2.58. The molecule has 1 unspecified atom stereocenters. The van der Waals surface area contributed by atoms with Gasteiger partial charge in [-0.2, -0.15) is 0 Å². The standard InChI is InChI=1S/C16H21NO3/c1-11(2)13-5-6-17(8-13)9-14(18)12-3-4-15-16(7-12)20-10-19-15/h3-4,7,11,13H,5-6,8-10H2,1-2H3. The molecule has 0 bridgehead atoms. The highest BCUT2D eigenvalue weighted by molar-refractivity contribution is 5.98. The number of Topliss-reactive ketones (excluding diaryl/α,β-unsaturated/α-hetero) is 1. The number of ether oxygens (including phenoxy) is 2.